The molecule has 0 aromatic heterocycles. The average Bonchev–Trinajstić information content (AvgIpc) is 2.63. The van der Waals surface area contributed by atoms with E-state index in [1.807, 2.05) is 13.0 Å². The zero-order valence-corrected chi connectivity index (χ0v) is 14.6. The summed E-state index contributed by atoms with van der Waals surface area (Å²) >= 11 is 0. The number of rotatable bonds is 5. The Morgan fingerprint density at radius 1 is 1.12 bits per heavy atom. The van der Waals surface area contributed by atoms with Crippen LogP contribution in [0.2, 0.25) is 0 Å². The lowest BCUT2D eigenvalue weighted by molar-refractivity contribution is -0.127. The van der Waals surface area contributed by atoms with Crippen LogP contribution in [0.3, 0.4) is 0 Å². The summed E-state index contributed by atoms with van der Waals surface area (Å²) in [7, 11) is 0. The minimum atomic E-state index is -0.256. The molecular weight excluding hydrogens is 315 g/mol. The average molecular weight is 340 g/mol. The molecule has 0 spiro atoms. The van der Waals surface area contributed by atoms with E-state index in [1.165, 1.54) is 17.7 Å². The van der Waals surface area contributed by atoms with Gasteiger partial charge in [0.15, 0.2) is 0 Å². The Kier molecular flexibility index (Phi) is 5.82. The van der Waals surface area contributed by atoms with Gasteiger partial charge in [-0.25, -0.2) is 4.39 Å². The quantitative estimate of drug-likeness (QED) is 0.895. The molecule has 1 N–H and O–H groups in total. The molecule has 0 saturated carbocycles. The van der Waals surface area contributed by atoms with Crippen molar-refractivity contribution in [2.75, 3.05) is 13.1 Å². The number of nitrogens with one attached hydrogen (secondary N) is 1. The van der Waals surface area contributed by atoms with E-state index in [-0.39, 0.29) is 23.7 Å². The number of nitrogens with zero attached hydrogens (tertiary/aromatic N) is 1. The first-order valence-corrected chi connectivity index (χ1v) is 8.94. The maximum atomic E-state index is 13.0. The van der Waals surface area contributed by atoms with E-state index < -0.39 is 0 Å². The second-order valence-corrected chi connectivity index (χ2v) is 6.82. The molecule has 1 aliphatic rings. The second-order valence-electron chi connectivity index (χ2n) is 6.82. The lowest BCUT2D eigenvalue weighted by Gasteiger charge is -2.32. The summed E-state index contributed by atoms with van der Waals surface area (Å²) in [5, 5.41) is 3.07. The number of piperidine rings is 1. The summed E-state index contributed by atoms with van der Waals surface area (Å²) < 4.78 is 13.0. The van der Waals surface area contributed by atoms with Crippen molar-refractivity contribution in [3.05, 3.63) is 71.5 Å². The SMILES string of the molecule is CC(NC(=O)C1CCN(Cc2ccccc2)CC1)c1ccc(F)cc1. The van der Waals surface area contributed by atoms with Crippen molar-refractivity contribution in [1.82, 2.24) is 10.2 Å². The van der Waals surface area contributed by atoms with Crippen molar-refractivity contribution in [1.29, 1.82) is 0 Å². The molecule has 0 bridgehead atoms. The Bertz CT molecular complexity index is 679. The molecule has 1 atom stereocenters. The molecule has 2 aromatic carbocycles. The normalized spacial score (nSPS) is 17.2. The fourth-order valence-electron chi connectivity index (χ4n) is 3.36. The van der Waals surface area contributed by atoms with Gasteiger partial charge in [-0.15, -0.1) is 0 Å². The largest absolute Gasteiger partial charge is 0.349 e. The summed E-state index contributed by atoms with van der Waals surface area (Å²) in [4.78, 5) is 14.9. The van der Waals surface area contributed by atoms with Gasteiger partial charge in [-0.3, -0.25) is 9.69 Å². The molecule has 2 aromatic rings. The van der Waals surface area contributed by atoms with Crippen LogP contribution < -0.4 is 5.32 Å². The topological polar surface area (TPSA) is 32.3 Å². The molecule has 1 heterocycles. The van der Waals surface area contributed by atoms with E-state index in [1.54, 1.807) is 12.1 Å². The van der Waals surface area contributed by atoms with Crippen molar-refractivity contribution >= 4 is 5.91 Å². The first-order chi connectivity index (χ1) is 12.1. The van der Waals surface area contributed by atoms with E-state index in [2.05, 4.69) is 34.5 Å². The predicted octanol–water partition coefficient (Wildman–Crippen LogP) is 3.92. The number of amides is 1. The molecule has 132 valence electrons. The molecule has 1 unspecified atom stereocenters. The van der Waals surface area contributed by atoms with Crippen LogP contribution in [0.4, 0.5) is 4.39 Å². The summed E-state index contributed by atoms with van der Waals surface area (Å²) in [5.41, 5.74) is 2.24. The van der Waals surface area contributed by atoms with E-state index in [4.69, 9.17) is 0 Å². The summed E-state index contributed by atoms with van der Waals surface area (Å²) in [6, 6.07) is 16.6. The molecule has 1 fully saturated rings. The van der Waals surface area contributed by atoms with Gasteiger partial charge in [-0.2, -0.15) is 0 Å². The zero-order valence-electron chi connectivity index (χ0n) is 14.6. The van der Waals surface area contributed by atoms with Crippen molar-refractivity contribution in [2.45, 2.75) is 32.4 Å². The van der Waals surface area contributed by atoms with Crippen LogP contribution in [0.15, 0.2) is 54.6 Å². The molecule has 4 heteroatoms. The highest BCUT2D eigenvalue weighted by Crippen LogP contribution is 2.21. The maximum absolute atomic E-state index is 13.0. The number of hydrogen-bond donors (Lipinski definition) is 1. The van der Waals surface area contributed by atoms with E-state index >= 15 is 0 Å². The smallest absolute Gasteiger partial charge is 0.223 e. The molecule has 0 aliphatic carbocycles. The van der Waals surface area contributed by atoms with Crippen LogP contribution in [-0.4, -0.2) is 23.9 Å². The number of hydrogen-bond acceptors (Lipinski definition) is 2. The third kappa shape index (κ3) is 4.89. The van der Waals surface area contributed by atoms with Gasteiger partial charge in [-0.1, -0.05) is 42.5 Å². The van der Waals surface area contributed by atoms with Crippen molar-refractivity contribution < 1.29 is 9.18 Å². The fraction of sp³-hybridized carbons (Fsp3) is 0.381. The molecule has 1 saturated heterocycles. The standard InChI is InChI=1S/C21H25FN2O/c1-16(18-7-9-20(22)10-8-18)23-21(25)19-11-13-24(14-12-19)15-17-5-3-2-4-6-17/h2-10,16,19H,11-15H2,1H3,(H,23,25). The van der Waals surface area contributed by atoms with Gasteiger partial charge in [0.05, 0.1) is 6.04 Å². The first-order valence-electron chi connectivity index (χ1n) is 8.94. The van der Waals surface area contributed by atoms with Crippen LogP contribution in [0, 0.1) is 11.7 Å². The number of halogens is 1. The molecule has 3 nitrogen and oxygen atoms in total. The van der Waals surface area contributed by atoms with Gasteiger partial charge in [-0.05, 0) is 56.1 Å². The van der Waals surface area contributed by atoms with Crippen molar-refractivity contribution in [3.63, 3.8) is 0 Å². The van der Waals surface area contributed by atoms with Crippen LogP contribution in [0.25, 0.3) is 0 Å². The van der Waals surface area contributed by atoms with Crippen LogP contribution >= 0.6 is 0 Å². The molecule has 1 aliphatic heterocycles. The maximum Gasteiger partial charge on any atom is 0.223 e. The van der Waals surface area contributed by atoms with Crippen molar-refractivity contribution in [2.24, 2.45) is 5.92 Å². The van der Waals surface area contributed by atoms with Gasteiger partial charge in [0, 0.05) is 12.5 Å². The molecule has 1 amide bonds. The lowest BCUT2D eigenvalue weighted by Crippen LogP contribution is -2.40. The fourth-order valence-corrected chi connectivity index (χ4v) is 3.36. The van der Waals surface area contributed by atoms with Gasteiger partial charge >= 0.3 is 0 Å². The Hall–Kier alpha value is -2.20. The second kappa shape index (κ2) is 8.26. The van der Waals surface area contributed by atoms with E-state index in [0.29, 0.717) is 0 Å². The Morgan fingerprint density at radius 2 is 1.76 bits per heavy atom. The summed E-state index contributed by atoms with van der Waals surface area (Å²) in [5.74, 6) is -0.0841. The molecule has 25 heavy (non-hydrogen) atoms. The lowest BCUT2D eigenvalue weighted by atomic mass is 9.95. The minimum absolute atomic E-state index is 0.0647. The highest BCUT2D eigenvalue weighted by Gasteiger charge is 2.25. The van der Waals surface area contributed by atoms with Gasteiger partial charge in [0.2, 0.25) is 5.91 Å². The highest BCUT2D eigenvalue weighted by atomic mass is 19.1. The van der Waals surface area contributed by atoms with Gasteiger partial charge in [0.1, 0.15) is 5.82 Å². The van der Waals surface area contributed by atoms with Gasteiger partial charge in [0.25, 0.3) is 0 Å². The van der Waals surface area contributed by atoms with Crippen LogP contribution in [-0.2, 0) is 11.3 Å². The summed E-state index contributed by atoms with van der Waals surface area (Å²) in [6.07, 6.45) is 1.77. The number of carbonyl (C=O) groups excluding carboxylic acids is 1. The van der Waals surface area contributed by atoms with E-state index in [9.17, 15) is 9.18 Å². The van der Waals surface area contributed by atoms with E-state index in [0.717, 1.165) is 38.0 Å². The molecule has 0 radical (unpaired) electrons. The monoisotopic (exact) mass is 340 g/mol. The third-order valence-electron chi connectivity index (χ3n) is 4.94. The van der Waals surface area contributed by atoms with Crippen LogP contribution in [0.1, 0.15) is 36.9 Å². The Labute approximate surface area is 148 Å². The Morgan fingerprint density at radius 3 is 2.40 bits per heavy atom. The Balaban J connectivity index is 1.47. The van der Waals surface area contributed by atoms with Crippen molar-refractivity contribution in [3.8, 4) is 0 Å². The molecular formula is C21H25FN2O. The summed E-state index contributed by atoms with van der Waals surface area (Å²) in [6.45, 7) is 4.77. The predicted molar refractivity (Wildman–Crippen MR) is 97.4 cm³/mol. The van der Waals surface area contributed by atoms with Crippen LogP contribution in [0.5, 0.6) is 0 Å². The number of carbonyl (C=O) groups is 1. The minimum Gasteiger partial charge on any atom is -0.349 e. The number of benzene rings is 2. The highest BCUT2D eigenvalue weighted by molar-refractivity contribution is 5.79. The molecule has 3 rings (SSSR count). The number of likely N-dealkylation sites (tertiary alicyclic amines) is 1. The third-order valence-corrected chi connectivity index (χ3v) is 4.94. The zero-order chi connectivity index (χ0) is 17.6. The van der Waals surface area contributed by atoms with Gasteiger partial charge < -0.3 is 5.32 Å². The first kappa shape index (κ1) is 17.6.